The normalized spacial score (nSPS) is 18.6. The number of hydrogen-bond donors (Lipinski definition) is 1. The van der Waals surface area contributed by atoms with Gasteiger partial charge < -0.3 is 14.5 Å². The van der Waals surface area contributed by atoms with E-state index in [0.29, 0.717) is 21.5 Å². The van der Waals surface area contributed by atoms with E-state index in [2.05, 4.69) is 44.3 Å². The molecule has 1 spiro atoms. The van der Waals surface area contributed by atoms with Gasteiger partial charge in [-0.2, -0.15) is 0 Å². The Kier molecular flexibility index (Phi) is 5.76. The van der Waals surface area contributed by atoms with E-state index >= 15 is 0 Å². The molecule has 6 nitrogen and oxygen atoms in total. The molecule has 1 saturated heterocycles. The van der Waals surface area contributed by atoms with Crippen LogP contribution in [0.1, 0.15) is 60.6 Å². The van der Waals surface area contributed by atoms with Crippen LogP contribution in [0.5, 0.6) is 0 Å². The molecule has 2 fully saturated rings. The van der Waals surface area contributed by atoms with Crippen molar-refractivity contribution in [2.75, 3.05) is 18.0 Å². The number of anilines is 1. The SMILES string of the molecule is Cc1cc(CO)c2cc(N3CCC4(C=C(c5c(-c6c(Cl)cncc6Cl)noc5C5CC5)C4)CC3)ccc2n1. The van der Waals surface area contributed by atoms with Crippen LogP contribution in [0.2, 0.25) is 10.0 Å². The Morgan fingerprint density at radius 2 is 1.82 bits per heavy atom. The van der Waals surface area contributed by atoms with E-state index in [1.54, 1.807) is 12.4 Å². The second-order valence-electron chi connectivity index (χ2n) is 11.0. The summed E-state index contributed by atoms with van der Waals surface area (Å²) < 4.78 is 5.89. The van der Waals surface area contributed by atoms with Crippen molar-refractivity contribution in [2.45, 2.75) is 51.6 Å². The van der Waals surface area contributed by atoms with E-state index in [-0.39, 0.29) is 12.0 Å². The Labute approximate surface area is 231 Å². The highest BCUT2D eigenvalue weighted by Crippen LogP contribution is 2.56. The van der Waals surface area contributed by atoms with Crippen LogP contribution < -0.4 is 4.90 Å². The number of allylic oxidation sites excluding steroid dienone is 2. The molecule has 7 rings (SSSR count). The van der Waals surface area contributed by atoms with Gasteiger partial charge in [-0.05, 0) is 79.8 Å². The van der Waals surface area contributed by atoms with Crippen molar-refractivity contribution >= 4 is 45.4 Å². The first-order chi connectivity index (χ1) is 18.4. The fourth-order valence-electron chi connectivity index (χ4n) is 6.22. The first-order valence-corrected chi connectivity index (χ1v) is 14.0. The lowest BCUT2D eigenvalue weighted by molar-refractivity contribution is 0.277. The lowest BCUT2D eigenvalue weighted by Gasteiger charge is -2.47. The monoisotopic (exact) mass is 546 g/mol. The Morgan fingerprint density at radius 1 is 1.08 bits per heavy atom. The van der Waals surface area contributed by atoms with Gasteiger partial charge in [0.25, 0.3) is 0 Å². The Morgan fingerprint density at radius 3 is 2.50 bits per heavy atom. The second kappa shape index (κ2) is 9.08. The molecule has 0 radical (unpaired) electrons. The van der Waals surface area contributed by atoms with Crippen LogP contribution in [0, 0.1) is 12.3 Å². The maximum Gasteiger partial charge on any atom is 0.147 e. The molecule has 8 heteroatoms. The van der Waals surface area contributed by atoms with Gasteiger partial charge in [0.1, 0.15) is 11.5 Å². The predicted octanol–water partition coefficient (Wildman–Crippen LogP) is 7.34. The quantitative estimate of drug-likeness (QED) is 0.282. The zero-order chi connectivity index (χ0) is 26.0. The van der Waals surface area contributed by atoms with Gasteiger partial charge in [-0.25, -0.2) is 0 Å². The van der Waals surface area contributed by atoms with Crippen LogP contribution in [-0.2, 0) is 6.61 Å². The average Bonchev–Trinajstić information content (AvgIpc) is 3.66. The van der Waals surface area contributed by atoms with Gasteiger partial charge in [0.2, 0.25) is 0 Å². The minimum absolute atomic E-state index is 0.0175. The van der Waals surface area contributed by atoms with E-state index in [1.807, 2.05) is 13.0 Å². The van der Waals surface area contributed by atoms with Crippen LogP contribution in [0.3, 0.4) is 0 Å². The summed E-state index contributed by atoms with van der Waals surface area (Å²) in [4.78, 5) is 11.2. The summed E-state index contributed by atoms with van der Waals surface area (Å²) in [6.07, 6.45) is 11.1. The second-order valence-corrected chi connectivity index (χ2v) is 11.8. The molecule has 194 valence electrons. The minimum Gasteiger partial charge on any atom is -0.392 e. The first kappa shape index (κ1) is 24.1. The van der Waals surface area contributed by atoms with Crippen molar-refractivity contribution in [3.63, 3.8) is 0 Å². The van der Waals surface area contributed by atoms with E-state index in [0.717, 1.165) is 84.4 Å². The van der Waals surface area contributed by atoms with Crippen LogP contribution >= 0.6 is 23.2 Å². The molecule has 1 aromatic carbocycles. The van der Waals surface area contributed by atoms with Crippen molar-refractivity contribution < 1.29 is 9.63 Å². The summed E-state index contributed by atoms with van der Waals surface area (Å²) in [5, 5.41) is 16.3. The van der Waals surface area contributed by atoms with Crippen LogP contribution in [-0.4, -0.2) is 33.3 Å². The van der Waals surface area contributed by atoms with Crippen LogP contribution in [0.15, 0.2) is 47.3 Å². The largest absolute Gasteiger partial charge is 0.392 e. The summed E-state index contributed by atoms with van der Waals surface area (Å²) >= 11 is 13.0. The van der Waals surface area contributed by atoms with Gasteiger partial charge in [0.15, 0.2) is 0 Å². The van der Waals surface area contributed by atoms with E-state index in [1.165, 1.54) is 11.3 Å². The third-order valence-electron chi connectivity index (χ3n) is 8.40. The fraction of sp³-hybridized carbons (Fsp3) is 0.367. The molecule has 1 saturated carbocycles. The molecule has 2 aliphatic carbocycles. The fourth-order valence-corrected chi connectivity index (χ4v) is 6.76. The number of aromatic nitrogens is 3. The van der Waals surface area contributed by atoms with Crippen LogP contribution in [0.4, 0.5) is 5.69 Å². The highest BCUT2D eigenvalue weighted by atomic mass is 35.5. The first-order valence-electron chi connectivity index (χ1n) is 13.2. The number of fused-ring (bicyclic) bond motifs is 1. The third kappa shape index (κ3) is 4.01. The highest BCUT2D eigenvalue weighted by Gasteiger charge is 2.44. The van der Waals surface area contributed by atoms with Gasteiger partial charge in [-0.1, -0.05) is 34.4 Å². The molecule has 4 heterocycles. The molecular formula is C30H28Cl2N4O2. The lowest BCUT2D eigenvalue weighted by atomic mass is 9.63. The lowest BCUT2D eigenvalue weighted by Crippen LogP contribution is -2.42. The van der Waals surface area contributed by atoms with Gasteiger partial charge in [0.05, 0.1) is 22.2 Å². The maximum atomic E-state index is 9.88. The van der Waals surface area contributed by atoms with Crippen molar-refractivity contribution in [1.82, 2.24) is 15.1 Å². The molecule has 3 aromatic heterocycles. The van der Waals surface area contributed by atoms with Crippen molar-refractivity contribution in [3.8, 4) is 11.3 Å². The van der Waals surface area contributed by atoms with Crippen LogP contribution in [0.25, 0.3) is 27.7 Å². The summed E-state index contributed by atoms with van der Waals surface area (Å²) in [5.74, 6) is 1.40. The zero-order valence-electron chi connectivity index (χ0n) is 21.2. The molecule has 0 unspecified atom stereocenters. The summed E-state index contributed by atoms with van der Waals surface area (Å²) in [5.41, 5.74) is 7.99. The number of halogens is 2. The number of pyridine rings is 2. The Balaban J connectivity index is 1.15. The number of piperidine rings is 1. The number of aliphatic hydroxyl groups excluding tert-OH is 1. The standard InChI is InChI=1S/C30H28Cl2N4O2/c1-17-10-19(16-37)22-11-21(4-5-25(22)34-17)36-8-6-30(7-9-36)12-20(13-30)26-28(35-38-29(26)18-2-3-18)27-23(31)14-33-15-24(27)32/h4-5,10-12,14-15,18,37H,2-3,6-9,13,16H2,1H3. The molecule has 3 aliphatic rings. The zero-order valence-corrected chi connectivity index (χ0v) is 22.7. The molecule has 0 amide bonds. The number of aliphatic hydroxyl groups is 1. The van der Waals surface area contributed by atoms with E-state index < -0.39 is 0 Å². The number of nitrogens with zero attached hydrogens (tertiary/aromatic N) is 4. The number of benzene rings is 1. The van der Waals surface area contributed by atoms with E-state index in [4.69, 9.17) is 27.7 Å². The Bertz CT molecular complexity index is 1580. The molecule has 0 bridgehead atoms. The van der Waals surface area contributed by atoms with Crippen molar-refractivity contribution in [3.05, 3.63) is 75.4 Å². The van der Waals surface area contributed by atoms with Crippen molar-refractivity contribution in [2.24, 2.45) is 5.41 Å². The maximum absolute atomic E-state index is 9.88. The summed E-state index contributed by atoms with van der Waals surface area (Å²) in [7, 11) is 0. The molecule has 1 N–H and O–H groups in total. The van der Waals surface area contributed by atoms with E-state index in [9.17, 15) is 5.11 Å². The van der Waals surface area contributed by atoms with Gasteiger partial charge in [-0.3, -0.25) is 9.97 Å². The molecule has 38 heavy (non-hydrogen) atoms. The van der Waals surface area contributed by atoms with Gasteiger partial charge >= 0.3 is 0 Å². The number of rotatable bonds is 5. The average molecular weight is 547 g/mol. The van der Waals surface area contributed by atoms with Crippen molar-refractivity contribution in [1.29, 1.82) is 0 Å². The third-order valence-corrected chi connectivity index (χ3v) is 8.97. The molecule has 4 aromatic rings. The molecular weight excluding hydrogens is 519 g/mol. The topological polar surface area (TPSA) is 75.3 Å². The smallest absolute Gasteiger partial charge is 0.147 e. The Hall–Kier alpha value is -2.93. The number of hydrogen-bond acceptors (Lipinski definition) is 6. The number of aryl methyl sites for hydroxylation is 1. The van der Waals surface area contributed by atoms with Gasteiger partial charge in [-0.15, -0.1) is 0 Å². The summed E-state index contributed by atoms with van der Waals surface area (Å²) in [6.45, 7) is 3.95. The molecule has 1 aliphatic heterocycles. The van der Waals surface area contributed by atoms with Gasteiger partial charge in [0, 0.05) is 59.3 Å². The predicted molar refractivity (Wildman–Crippen MR) is 151 cm³/mol. The minimum atomic E-state index is 0.0175. The molecule has 0 atom stereocenters. The highest BCUT2D eigenvalue weighted by molar-refractivity contribution is 6.39. The summed E-state index contributed by atoms with van der Waals surface area (Å²) in [6, 6.07) is 8.38.